The molecule has 1 saturated heterocycles. The van der Waals surface area contributed by atoms with Crippen LogP contribution in [0.4, 0.5) is 0 Å². The molecule has 1 aromatic rings. The van der Waals surface area contributed by atoms with Crippen molar-refractivity contribution in [1.82, 2.24) is 14.8 Å². The minimum absolute atomic E-state index is 0.0703. The summed E-state index contributed by atoms with van der Waals surface area (Å²) in [5, 5.41) is 4.33. The average Bonchev–Trinajstić information content (AvgIpc) is 2.98. The van der Waals surface area contributed by atoms with Crippen molar-refractivity contribution in [3.63, 3.8) is 0 Å². The number of hydrogen-bond acceptors (Lipinski definition) is 4. The highest BCUT2D eigenvalue weighted by Gasteiger charge is 2.50. The van der Waals surface area contributed by atoms with Crippen LogP contribution in [0.25, 0.3) is 0 Å². The summed E-state index contributed by atoms with van der Waals surface area (Å²) in [6, 6.07) is 0.342. The van der Waals surface area contributed by atoms with Crippen molar-refractivity contribution in [3.8, 4) is 0 Å². The van der Waals surface area contributed by atoms with Crippen molar-refractivity contribution in [2.24, 2.45) is 17.1 Å². The van der Waals surface area contributed by atoms with Crippen molar-refractivity contribution < 1.29 is 4.74 Å². The topological polar surface area (TPSA) is 66.0 Å². The second kappa shape index (κ2) is 4.87. The third kappa shape index (κ3) is 2.30. The molecule has 106 valence electrons. The molecule has 1 aliphatic heterocycles. The lowest BCUT2D eigenvalue weighted by Gasteiger charge is -2.33. The van der Waals surface area contributed by atoms with Gasteiger partial charge in [-0.3, -0.25) is 0 Å². The predicted octanol–water partition coefficient (Wildman–Crippen LogP) is 1.55. The van der Waals surface area contributed by atoms with Gasteiger partial charge < -0.3 is 10.5 Å². The van der Waals surface area contributed by atoms with Crippen molar-refractivity contribution in [3.05, 3.63) is 12.2 Å². The summed E-state index contributed by atoms with van der Waals surface area (Å²) in [6.07, 6.45) is 6.52. The van der Waals surface area contributed by atoms with Gasteiger partial charge in [0, 0.05) is 31.0 Å². The average molecular weight is 264 g/mol. The van der Waals surface area contributed by atoms with E-state index in [1.807, 2.05) is 4.68 Å². The Morgan fingerprint density at radius 1 is 1.53 bits per heavy atom. The van der Waals surface area contributed by atoms with Crippen LogP contribution in [0.15, 0.2) is 6.33 Å². The number of ether oxygens (including phenoxy) is 1. The zero-order chi connectivity index (χ0) is 13.5. The molecule has 1 aliphatic carbocycles. The molecule has 19 heavy (non-hydrogen) atoms. The molecule has 5 nitrogen and oxygen atoms in total. The predicted molar refractivity (Wildman–Crippen MR) is 72.7 cm³/mol. The van der Waals surface area contributed by atoms with Crippen molar-refractivity contribution in [1.29, 1.82) is 0 Å². The second-order valence-electron chi connectivity index (χ2n) is 6.34. The molecule has 1 saturated carbocycles. The van der Waals surface area contributed by atoms with Gasteiger partial charge in [-0.15, -0.1) is 0 Å². The smallest absolute Gasteiger partial charge is 0.138 e. The summed E-state index contributed by atoms with van der Waals surface area (Å²) >= 11 is 0. The Morgan fingerprint density at radius 3 is 2.95 bits per heavy atom. The Bertz CT molecular complexity index is 440. The monoisotopic (exact) mass is 264 g/mol. The van der Waals surface area contributed by atoms with Crippen LogP contribution < -0.4 is 5.73 Å². The van der Waals surface area contributed by atoms with E-state index in [0.717, 1.165) is 31.2 Å². The summed E-state index contributed by atoms with van der Waals surface area (Å²) in [7, 11) is 0. The number of hydrogen-bond donors (Lipinski definition) is 1. The summed E-state index contributed by atoms with van der Waals surface area (Å²) in [5.41, 5.74) is 6.20. The van der Waals surface area contributed by atoms with Crippen LogP contribution in [0.2, 0.25) is 0 Å². The molecule has 0 bridgehead atoms. The Balaban J connectivity index is 1.84. The first kappa shape index (κ1) is 13.1. The van der Waals surface area contributed by atoms with Gasteiger partial charge in [-0.2, -0.15) is 5.10 Å². The van der Waals surface area contributed by atoms with Crippen LogP contribution in [0, 0.1) is 11.3 Å². The highest BCUT2D eigenvalue weighted by Crippen LogP contribution is 2.48. The van der Waals surface area contributed by atoms with E-state index in [0.29, 0.717) is 18.7 Å². The minimum atomic E-state index is 0.0703. The summed E-state index contributed by atoms with van der Waals surface area (Å²) in [4.78, 5) is 4.45. The fourth-order valence-electron chi connectivity index (χ4n) is 3.37. The zero-order valence-corrected chi connectivity index (χ0v) is 11.9. The molecular weight excluding hydrogens is 240 g/mol. The van der Waals surface area contributed by atoms with Crippen molar-refractivity contribution in [2.75, 3.05) is 13.2 Å². The van der Waals surface area contributed by atoms with E-state index in [1.165, 1.54) is 12.8 Å². The molecule has 2 atom stereocenters. The molecule has 0 amide bonds. The Kier molecular flexibility index (Phi) is 3.35. The van der Waals surface area contributed by atoms with Gasteiger partial charge in [-0.1, -0.05) is 0 Å². The van der Waals surface area contributed by atoms with Crippen molar-refractivity contribution in [2.45, 2.75) is 51.7 Å². The first-order valence-corrected chi connectivity index (χ1v) is 7.36. The van der Waals surface area contributed by atoms with Gasteiger partial charge in [-0.05, 0) is 39.0 Å². The van der Waals surface area contributed by atoms with Crippen LogP contribution in [0.1, 0.15) is 45.0 Å². The first-order valence-electron chi connectivity index (χ1n) is 7.36. The highest BCUT2D eigenvalue weighted by atomic mass is 16.5. The van der Waals surface area contributed by atoms with Crippen LogP contribution in [0.3, 0.4) is 0 Å². The summed E-state index contributed by atoms with van der Waals surface area (Å²) in [6.45, 7) is 5.79. The fourth-order valence-corrected chi connectivity index (χ4v) is 3.37. The summed E-state index contributed by atoms with van der Waals surface area (Å²) in [5.74, 6) is 1.78. The maximum Gasteiger partial charge on any atom is 0.138 e. The largest absolute Gasteiger partial charge is 0.377 e. The van der Waals surface area contributed by atoms with E-state index in [9.17, 15) is 0 Å². The first-order chi connectivity index (χ1) is 9.16. The van der Waals surface area contributed by atoms with E-state index >= 15 is 0 Å². The lowest BCUT2D eigenvalue weighted by Crippen LogP contribution is -2.42. The van der Waals surface area contributed by atoms with E-state index in [4.69, 9.17) is 10.5 Å². The molecule has 0 aromatic carbocycles. The number of rotatable bonds is 5. The second-order valence-corrected chi connectivity index (χ2v) is 6.34. The van der Waals surface area contributed by atoms with Gasteiger partial charge in [0.2, 0.25) is 0 Å². The van der Waals surface area contributed by atoms with Crippen molar-refractivity contribution >= 4 is 0 Å². The lowest BCUT2D eigenvalue weighted by molar-refractivity contribution is 0.0331. The third-order valence-electron chi connectivity index (χ3n) is 4.60. The molecular formula is C14H24N4O. The molecule has 0 radical (unpaired) electrons. The minimum Gasteiger partial charge on any atom is -0.377 e. The zero-order valence-electron chi connectivity index (χ0n) is 11.9. The third-order valence-corrected chi connectivity index (χ3v) is 4.60. The highest BCUT2D eigenvalue weighted by molar-refractivity contribution is 5.05. The maximum atomic E-state index is 6.13. The Morgan fingerprint density at radius 2 is 2.32 bits per heavy atom. The molecule has 2 heterocycles. The van der Waals surface area contributed by atoms with E-state index in [-0.39, 0.29) is 5.41 Å². The van der Waals surface area contributed by atoms with Crippen LogP contribution in [-0.2, 0) is 11.2 Å². The molecule has 0 spiro atoms. The molecule has 1 aromatic heterocycles. The standard InChI is InChI=1S/C14H24N4O/c1-10(2)18-12(16-9-17-18)7-14(8-15)5-6-19-13(14)11-3-4-11/h9-11,13H,3-8,15H2,1-2H3. The Labute approximate surface area is 114 Å². The van der Waals surface area contributed by atoms with Gasteiger partial charge in [-0.25, -0.2) is 9.67 Å². The summed E-state index contributed by atoms with van der Waals surface area (Å²) < 4.78 is 8.01. The number of nitrogens with zero attached hydrogens (tertiary/aromatic N) is 3. The lowest BCUT2D eigenvalue weighted by atomic mass is 9.76. The molecule has 2 N–H and O–H groups in total. The molecule has 2 fully saturated rings. The van der Waals surface area contributed by atoms with Gasteiger partial charge >= 0.3 is 0 Å². The molecule has 5 heteroatoms. The molecule has 2 aliphatic rings. The van der Waals surface area contributed by atoms with Crippen LogP contribution in [0.5, 0.6) is 0 Å². The number of nitrogens with two attached hydrogens (primary N) is 1. The van der Waals surface area contributed by atoms with Crippen LogP contribution >= 0.6 is 0 Å². The van der Waals surface area contributed by atoms with Gasteiger partial charge in [0.25, 0.3) is 0 Å². The number of aromatic nitrogens is 3. The van der Waals surface area contributed by atoms with Gasteiger partial charge in [0.15, 0.2) is 0 Å². The van der Waals surface area contributed by atoms with E-state index in [1.54, 1.807) is 6.33 Å². The normalized spacial score (nSPS) is 31.3. The Hall–Kier alpha value is -0.940. The quantitative estimate of drug-likeness (QED) is 0.876. The SMILES string of the molecule is CC(C)n1ncnc1CC1(CN)CCOC1C1CC1. The fraction of sp³-hybridized carbons (Fsp3) is 0.857. The van der Waals surface area contributed by atoms with Gasteiger partial charge in [0.1, 0.15) is 12.2 Å². The van der Waals surface area contributed by atoms with Gasteiger partial charge in [0.05, 0.1) is 6.10 Å². The van der Waals surface area contributed by atoms with E-state index < -0.39 is 0 Å². The van der Waals surface area contributed by atoms with E-state index in [2.05, 4.69) is 23.9 Å². The molecule has 2 unspecified atom stereocenters. The van der Waals surface area contributed by atoms with Crippen LogP contribution in [-0.4, -0.2) is 34.0 Å². The maximum absolute atomic E-state index is 6.13. The molecule has 3 rings (SSSR count).